The fourth-order valence-corrected chi connectivity index (χ4v) is 3.37. The molecule has 3 heterocycles. The number of imidazole rings is 1. The highest BCUT2D eigenvalue weighted by Crippen LogP contribution is 2.15. The lowest BCUT2D eigenvalue weighted by atomic mass is 10.1. The molecule has 0 N–H and O–H groups in total. The average molecular weight is 305 g/mol. The normalized spacial score (nSPS) is 20.4. The third-order valence-electron chi connectivity index (χ3n) is 4.76. The minimum atomic E-state index is 0.309. The average Bonchev–Trinajstić information content (AvgIpc) is 3.05. The number of likely N-dealkylation sites (tertiary alicyclic amines) is 1. The van der Waals surface area contributed by atoms with Crippen LogP contribution in [0.3, 0.4) is 0 Å². The summed E-state index contributed by atoms with van der Waals surface area (Å²) in [6, 6.07) is 0. The van der Waals surface area contributed by atoms with Crippen LogP contribution in [0.15, 0.2) is 12.4 Å². The van der Waals surface area contributed by atoms with Gasteiger partial charge < -0.3 is 14.4 Å². The molecule has 0 spiro atoms. The van der Waals surface area contributed by atoms with Crippen LogP contribution in [0.1, 0.15) is 26.2 Å². The molecule has 2 aliphatic rings. The number of hydrogen-bond donors (Lipinski definition) is 0. The van der Waals surface area contributed by atoms with Crippen LogP contribution >= 0.6 is 0 Å². The van der Waals surface area contributed by atoms with Crippen molar-refractivity contribution < 1.29 is 4.79 Å². The van der Waals surface area contributed by atoms with Gasteiger partial charge in [-0.05, 0) is 26.2 Å². The van der Waals surface area contributed by atoms with Crippen molar-refractivity contribution in [2.45, 2.75) is 32.7 Å². The van der Waals surface area contributed by atoms with Crippen molar-refractivity contribution in [2.24, 2.45) is 0 Å². The first-order valence-corrected chi connectivity index (χ1v) is 8.54. The standard InChI is InChI=1S/C16H27N5O/c1-2-19-9-6-17-16(19)21-12-10-18(11-13-21)14-15(22)20-7-4-3-5-8-20/h6,9H,2-5,7-8,10-14H2,1H3. The summed E-state index contributed by atoms with van der Waals surface area (Å²) in [6.07, 6.45) is 7.50. The van der Waals surface area contributed by atoms with Crippen LogP contribution in [0.4, 0.5) is 5.95 Å². The maximum atomic E-state index is 12.3. The third-order valence-corrected chi connectivity index (χ3v) is 4.76. The molecule has 122 valence electrons. The molecule has 1 amide bonds. The fourth-order valence-electron chi connectivity index (χ4n) is 3.37. The summed E-state index contributed by atoms with van der Waals surface area (Å²) in [4.78, 5) is 23.4. The predicted molar refractivity (Wildman–Crippen MR) is 87.0 cm³/mol. The molecule has 6 heteroatoms. The molecule has 0 saturated carbocycles. The van der Waals surface area contributed by atoms with Gasteiger partial charge >= 0.3 is 0 Å². The van der Waals surface area contributed by atoms with Crippen LogP contribution in [-0.2, 0) is 11.3 Å². The van der Waals surface area contributed by atoms with Gasteiger partial charge in [0.15, 0.2) is 0 Å². The van der Waals surface area contributed by atoms with E-state index < -0.39 is 0 Å². The molecule has 0 atom stereocenters. The van der Waals surface area contributed by atoms with Gasteiger partial charge in [0.25, 0.3) is 0 Å². The zero-order valence-corrected chi connectivity index (χ0v) is 13.6. The zero-order chi connectivity index (χ0) is 15.4. The summed E-state index contributed by atoms with van der Waals surface area (Å²) in [5.74, 6) is 1.37. The first kappa shape index (κ1) is 15.3. The maximum Gasteiger partial charge on any atom is 0.236 e. The van der Waals surface area contributed by atoms with E-state index in [-0.39, 0.29) is 0 Å². The van der Waals surface area contributed by atoms with Crippen molar-refractivity contribution in [1.29, 1.82) is 0 Å². The van der Waals surface area contributed by atoms with Crippen LogP contribution in [0.25, 0.3) is 0 Å². The van der Waals surface area contributed by atoms with E-state index in [0.29, 0.717) is 12.5 Å². The Morgan fingerprint density at radius 1 is 1.09 bits per heavy atom. The van der Waals surface area contributed by atoms with Gasteiger partial charge in [-0.2, -0.15) is 0 Å². The molecule has 0 bridgehead atoms. The Bertz CT molecular complexity index is 486. The molecule has 0 unspecified atom stereocenters. The third kappa shape index (κ3) is 3.43. The molecule has 2 fully saturated rings. The highest BCUT2D eigenvalue weighted by Gasteiger charge is 2.24. The number of piperidine rings is 1. The molecule has 0 radical (unpaired) electrons. The first-order valence-electron chi connectivity index (χ1n) is 8.54. The van der Waals surface area contributed by atoms with Crippen LogP contribution in [-0.4, -0.2) is 71.1 Å². The lowest BCUT2D eigenvalue weighted by Crippen LogP contribution is -2.51. The van der Waals surface area contributed by atoms with Gasteiger partial charge in [0, 0.05) is 58.2 Å². The Balaban J connectivity index is 1.48. The van der Waals surface area contributed by atoms with Crippen molar-refractivity contribution in [1.82, 2.24) is 19.4 Å². The summed E-state index contributed by atoms with van der Waals surface area (Å²) in [5, 5.41) is 0. The largest absolute Gasteiger partial charge is 0.342 e. The summed E-state index contributed by atoms with van der Waals surface area (Å²) in [5.41, 5.74) is 0. The highest BCUT2D eigenvalue weighted by atomic mass is 16.2. The van der Waals surface area contributed by atoms with Crippen molar-refractivity contribution >= 4 is 11.9 Å². The van der Waals surface area contributed by atoms with Crippen molar-refractivity contribution in [3.05, 3.63) is 12.4 Å². The number of nitrogens with zero attached hydrogens (tertiary/aromatic N) is 5. The molecule has 22 heavy (non-hydrogen) atoms. The summed E-state index contributed by atoms with van der Waals surface area (Å²) < 4.78 is 2.18. The summed E-state index contributed by atoms with van der Waals surface area (Å²) in [7, 11) is 0. The minimum absolute atomic E-state index is 0.309. The van der Waals surface area contributed by atoms with E-state index in [2.05, 4.69) is 26.3 Å². The van der Waals surface area contributed by atoms with Crippen molar-refractivity contribution in [3.8, 4) is 0 Å². The number of carbonyl (C=O) groups excluding carboxylic acids is 1. The van der Waals surface area contributed by atoms with E-state index in [9.17, 15) is 4.79 Å². The molecule has 2 saturated heterocycles. The number of rotatable bonds is 4. The van der Waals surface area contributed by atoms with Gasteiger partial charge in [-0.25, -0.2) is 4.98 Å². The van der Waals surface area contributed by atoms with E-state index in [1.807, 2.05) is 17.3 Å². The monoisotopic (exact) mass is 305 g/mol. The van der Waals surface area contributed by atoms with Gasteiger partial charge in [-0.1, -0.05) is 0 Å². The second-order valence-corrected chi connectivity index (χ2v) is 6.22. The lowest BCUT2D eigenvalue weighted by molar-refractivity contribution is -0.133. The van der Waals surface area contributed by atoms with E-state index in [0.717, 1.165) is 51.8 Å². The maximum absolute atomic E-state index is 12.3. The van der Waals surface area contributed by atoms with Gasteiger partial charge in [-0.3, -0.25) is 9.69 Å². The second kappa shape index (κ2) is 7.13. The topological polar surface area (TPSA) is 44.6 Å². The van der Waals surface area contributed by atoms with Crippen molar-refractivity contribution in [2.75, 3.05) is 50.7 Å². The highest BCUT2D eigenvalue weighted by molar-refractivity contribution is 5.78. The predicted octanol–water partition coefficient (Wildman–Crippen LogP) is 1.04. The fraction of sp³-hybridized carbons (Fsp3) is 0.750. The Kier molecular flexibility index (Phi) is 4.97. The minimum Gasteiger partial charge on any atom is -0.342 e. The van der Waals surface area contributed by atoms with Crippen LogP contribution in [0, 0.1) is 0 Å². The van der Waals surface area contributed by atoms with Crippen LogP contribution in [0.2, 0.25) is 0 Å². The molecular formula is C16H27N5O. The number of piperazine rings is 1. The summed E-state index contributed by atoms with van der Waals surface area (Å²) in [6.45, 7) is 9.35. The lowest BCUT2D eigenvalue weighted by Gasteiger charge is -2.36. The summed E-state index contributed by atoms with van der Waals surface area (Å²) >= 11 is 0. The molecule has 1 aromatic rings. The number of amides is 1. The van der Waals surface area contributed by atoms with Gasteiger partial charge in [0.1, 0.15) is 0 Å². The number of anilines is 1. The number of hydrogen-bond acceptors (Lipinski definition) is 4. The van der Waals surface area contributed by atoms with E-state index in [1.54, 1.807) is 0 Å². The molecule has 0 aromatic carbocycles. The second-order valence-electron chi connectivity index (χ2n) is 6.22. The Labute approximate surface area is 132 Å². The van der Waals surface area contributed by atoms with Gasteiger partial charge in [-0.15, -0.1) is 0 Å². The number of aryl methyl sites for hydroxylation is 1. The SMILES string of the molecule is CCn1ccnc1N1CCN(CC(=O)N2CCCCC2)CC1. The van der Waals surface area contributed by atoms with Crippen LogP contribution in [0.5, 0.6) is 0 Å². The first-order chi connectivity index (χ1) is 10.8. The smallest absolute Gasteiger partial charge is 0.236 e. The Morgan fingerprint density at radius 3 is 2.50 bits per heavy atom. The molecular weight excluding hydrogens is 278 g/mol. The van der Waals surface area contributed by atoms with Gasteiger partial charge in [0.05, 0.1) is 6.54 Å². The number of aromatic nitrogens is 2. The Morgan fingerprint density at radius 2 is 1.82 bits per heavy atom. The number of carbonyl (C=O) groups is 1. The molecule has 0 aliphatic carbocycles. The Hall–Kier alpha value is -1.56. The molecule has 3 rings (SSSR count). The van der Waals surface area contributed by atoms with Crippen molar-refractivity contribution in [3.63, 3.8) is 0 Å². The van der Waals surface area contributed by atoms with Crippen LogP contribution < -0.4 is 4.90 Å². The quantitative estimate of drug-likeness (QED) is 0.834. The van der Waals surface area contributed by atoms with E-state index in [1.165, 1.54) is 19.3 Å². The zero-order valence-electron chi connectivity index (χ0n) is 13.6. The molecule has 2 aliphatic heterocycles. The van der Waals surface area contributed by atoms with E-state index >= 15 is 0 Å². The molecule has 6 nitrogen and oxygen atoms in total. The van der Waals surface area contributed by atoms with Gasteiger partial charge in [0.2, 0.25) is 11.9 Å². The van der Waals surface area contributed by atoms with E-state index in [4.69, 9.17) is 0 Å². The molecule has 1 aromatic heterocycles.